The highest BCUT2D eigenvalue weighted by molar-refractivity contribution is 7.90. The van der Waals surface area contributed by atoms with Gasteiger partial charge in [-0.2, -0.15) is 0 Å². The van der Waals surface area contributed by atoms with Crippen LogP contribution in [0, 0.1) is 0 Å². The monoisotopic (exact) mass is 584 g/mol. The van der Waals surface area contributed by atoms with E-state index >= 15 is 0 Å². The molecule has 0 saturated carbocycles. The third-order valence-corrected chi connectivity index (χ3v) is 7.14. The Bertz CT molecular complexity index is 1460. The summed E-state index contributed by atoms with van der Waals surface area (Å²) in [5.41, 5.74) is 1.20. The summed E-state index contributed by atoms with van der Waals surface area (Å²) in [6.45, 7) is 3.36. The van der Waals surface area contributed by atoms with Crippen LogP contribution in [-0.4, -0.2) is 71.6 Å². The van der Waals surface area contributed by atoms with Gasteiger partial charge in [-0.25, -0.2) is 13.1 Å². The SMILES string of the molecule is CCOCCNC(=O)c1ccc(C(=O)NS(=O)(=O)c2ccc(C(=O)NCCc3ccc(OC)c(OC)c3)cc2)cn1. The minimum Gasteiger partial charge on any atom is -0.493 e. The molecule has 0 aliphatic heterocycles. The van der Waals surface area contributed by atoms with Gasteiger partial charge in [0.2, 0.25) is 0 Å². The van der Waals surface area contributed by atoms with Crippen molar-refractivity contribution in [3.63, 3.8) is 0 Å². The zero-order valence-corrected chi connectivity index (χ0v) is 23.7. The molecule has 3 rings (SSSR count). The van der Waals surface area contributed by atoms with Gasteiger partial charge in [-0.1, -0.05) is 6.07 Å². The average molecular weight is 585 g/mol. The number of carbonyl (C=O) groups is 3. The molecule has 2 aromatic carbocycles. The van der Waals surface area contributed by atoms with E-state index in [1.807, 2.05) is 23.8 Å². The molecule has 0 bridgehead atoms. The van der Waals surface area contributed by atoms with Gasteiger partial charge in [-0.05, 0) is 67.4 Å². The van der Waals surface area contributed by atoms with Crippen molar-refractivity contribution in [2.45, 2.75) is 18.2 Å². The van der Waals surface area contributed by atoms with Crippen molar-refractivity contribution in [2.24, 2.45) is 0 Å². The van der Waals surface area contributed by atoms with Gasteiger partial charge in [-0.3, -0.25) is 19.4 Å². The number of sulfonamides is 1. The Labute approximate surface area is 238 Å². The van der Waals surface area contributed by atoms with Crippen molar-refractivity contribution in [1.29, 1.82) is 0 Å². The Morgan fingerprint density at radius 2 is 1.49 bits per heavy atom. The lowest BCUT2D eigenvalue weighted by Crippen LogP contribution is -2.31. The first kappa shape index (κ1) is 31.0. The van der Waals surface area contributed by atoms with Gasteiger partial charge >= 0.3 is 0 Å². The van der Waals surface area contributed by atoms with Crippen molar-refractivity contribution in [1.82, 2.24) is 20.3 Å². The molecule has 0 radical (unpaired) electrons. The molecule has 0 spiro atoms. The van der Waals surface area contributed by atoms with Crippen LogP contribution in [-0.2, 0) is 21.2 Å². The minimum absolute atomic E-state index is 0.0510. The van der Waals surface area contributed by atoms with Gasteiger partial charge in [0.25, 0.3) is 27.7 Å². The molecule has 0 fully saturated rings. The maximum Gasteiger partial charge on any atom is 0.269 e. The second kappa shape index (κ2) is 14.8. The van der Waals surface area contributed by atoms with E-state index in [1.165, 1.54) is 36.4 Å². The standard InChI is InChI=1S/C28H32N4O8S/c1-4-40-16-15-30-28(35)23-11-8-21(18-31-23)27(34)32-41(36,37)22-9-6-20(7-10-22)26(33)29-14-13-19-5-12-24(38-2)25(17-19)39-3/h5-12,17-18H,4,13-16H2,1-3H3,(H,29,33)(H,30,35)(H,32,34). The van der Waals surface area contributed by atoms with Gasteiger partial charge in [-0.15, -0.1) is 0 Å². The summed E-state index contributed by atoms with van der Waals surface area (Å²) in [5, 5.41) is 5.40. The Morgan fingerprint density at radius 1 is 0.805 bits per heavy atom. The molecule has 1 aromatic heterocycles. The van der Waals surface area contributed by atoms with Crippen molar-refractivity contribution >= 4 is 27.7 Å². The molecule has 3 N–H and O–H groups in total. The first-order chi connectivity index (χ1) is 19.7. The van der Waals surface area contributed by atoms with E-state index in [0.29, 0.717) is 44.2 Å². The smallest absolute Gasteiger partial charge is 0.269 e. The van der Waals surface area contributed by atoms with Crippen LogP contribution in [0.4, 0.5) is 0 Å². The van der Waals surface area contributed by atoms with Crippen LogP contribution < -0.4 is 24.8 Å². The number of hydrogen-bond donors (Lipinski definition) is 3. The summed E-state index contributed by atoms with van der Waals surface area (Å²) in [4.78, 5) is 40.9. The molecule has 12 nitrogen and oxygen atoms in total. The van der Waals surface area contributed by atoms with E-state index < -0.39 is 21.8 Å². The molecule has 3 amide bonds. The Balaban J connectivity index is 1.53. The lowest BCUT2D eigenvalue weighted by Gasteiger charge is -2.10. The highest BCUT2D eigenvalue weighted by Gasteiger charge is 2.20. The number of hydrogen-bond acceptors (Lipinski definition) is 9. The quantitative estimate of drug-likeness (QED) is 0.241. The Morgan fingerprint density at radius 3 is 2.12 bits per heavy atom. The van der Waals surface area contributed by atoms with E-state index in [2.05, 4.69) is 15.6 Å². The normalized spacial score (nSPS) is 10.9. The lowest BCUT2D eigenvalue weighted by molar-refractivity contribution is 0.0914. The summed E-state index contributed by atoms with van der Waals surface area (Å²) in [5.74, 6) is -0.557. The number of methoxy groups -OCH3 is 2. The highest BCUT2D eigenvalue weighted by Crippen LogP contribution is 2.27. The van der Waals surface area contributed by atoms with E-state index in [1.54, 1.807) is 20.3 Å². The number of carbonyl (C=O) groups excluding carboxylic acids is 3. The van der Waals surface area contributed by atoms with Crippen LogP contribution in [0.1, 0.15) is 43.7 Å². The van der Waals surface area contributed by atoms with E-state index in [9.17, 15) is 22.8 Å². The minimum atomic E-state index is -4.23. The van der Waals surface area contributed by atoms with E-state index in [4.69, 9.17) is 14.2 Å². The number of aromatic nitrogens is 1. The Kier molecular flexibility index (Phi) is 11.2. The predicted octanol–water partition coefficient (Wildman–Crippen LogP) is 1.96. The summed E-state index contributed by atoms with van der Waals surface area (Å²) < 4.78 is 43.1. The van der Waals surface area contributed by atoms with Crippen molar-refractivity contribution in [2.75, 3.05) is 40.5 Å². The number of pyridine rings is 1. The topological polar surface area (TPSA) is 162 Å². The number of nitrogens with one attached hydrogen (secondary N) is 3. The van der Waals surface area contributed by atoms with Gasteiger partial charge in [0.05, 0.1) is 31.3 Å². The molecule has 0 aliphatic carbocycles. The molecule has 0 saturated heterocycles. The maximum atomic E-state index is 12.7. The molecule has 13 heteroatoms. The first-order valence-corrected chi connectivity index (χ1v) is 14.1. The molecule has 0 aliphatic rings. The van der Waals surface area contributed by atoms with Crippen LogP contribution >= 0.6 is 0 Å². The molecule has 218 valence electrons. The third kappa shape index (κ3) is 8.75. The summed E-state index contributed by atoms with van der Waals surface area (Å²) in [6, 6.07) is 13.3. The number of benzene rings is 2. The summed E-state index contributed by atoms with van der Waals surface area (Å²) in [7, 11) is -1.14. The van der Waals surface area contributed by atoms with Gasteiger partial charge in [0.15, 0.2) is 11.5 Å². The maximum absolute atomic E-state index is 12.7. The van der Waals surface area contributed by atoms with Gasteiger partial charge < -0.3 is 24.8 Å². The average Bonchev–Trinajstić information content (AvgIpc) is 2.99. The Hall–Kier alpha value is -4.49. The fraction of sp³-hybridized carbons (Fsp3) is 0.286. The third-order valence-electron chi connectivity index (χ3n) is 5.80. The molecule has 41 heavy (non-hydrogen) atoms. The second-order valence-electron chi connectivity index (χ2n) is 8.54. The van der Waals surface area contributed by atoms with Crippen LogP contribution in [0.15, 0.2) is 65.7 Å². The van der Waals surface area contributed by atoms with Crippen LogP contribution in [0.25, 0.3) is 0 Å². The van der Waals surface area contributed by atoms with Crippen molar-refractivity contribution in [3.8, 4) is 11.5 Å². The number of nitrogens with zero attached hydrogens (tertiary/aromatic N) is 1. The summed E-state index contributed by atoms with van der Waals surface area (Å²) >= 11 is 0. The number of amides is 3. The van der Waals surface area contributed by atoms with Crippen LogP contribution in [0.3, 0.4) is 0 Å². The van der Waals surface area contributed by atoms with Gasteiger partial charge in [0.1, 0.15) is 5.69 Å². The fourth-order valence-corrected chi connectivity index (χ4v) is 4.59. The second-order valence-corrected chi connectivity index (χ2v) is 10.2. The zero-order chi connectivity index (χ0) is 29.8. The molecule has 3 aromatic rings. The first-order valence-electron chi connectivity index (χ1n) is 12.7. The van der Waals surface area contributed by atoms with E-state index in [-0.39, 0.29) is 27.6 Å². The van der Waals surface area contributed by atoms with Crippen LogP contribution in [0.2, 0.25) is 0 Å². The fourth-order valence-electron chi connectivity index (χ4n) is 3.62. The predicted molar refractivity (Wildman–Crippen MR) is 150 cm³/mol. The summed E-state index contributed by atoms with van der Waals surface area (Å²) in [6.07, 6.45) is 1.65. The number of ether oxygens (including phenoxy) is 3. The molecular formula is C28H32N4O8S. The van der Waals surface area contributed by atoms with E-state index in [0.717, 1.165) is 11.8 Å². The largest absolute Gasteiger partial charge is 0.493 e. The molecule has 1 heterocycles. The number of rotatable bonds is 14. The molecule has 0 unspecified atom stereocenters. The molecular weight excluding hydrogens is 552 g/mol. The van der Waals surface area contributed by atoms with Crippen molar-refractivity contribution < 1.29 is 37.0 Å². The van der Waals surface area contributed by atoms with Crippen LogP contribution in [0.5, 0.6) is 11.5 Å². The lowest BCUT2D eigenvalue weighted by atomic mass is 10.1. The zero-order valence-electron chi connectivity index (χ0n) is 22.9. The molecule has 0 atom stereocenters. The van der Waals surface area contributed by atoms with Gasteiger partial charge in [0, 0.05) is 31.5 Å². The highest BCUT2D eigenvalue weighted by atomic mass is 32.2. The van der Waals surface area contributed by atoms with Crippen molar-refractivity contribution in [3.05, 3.63) is 83.2 Å².